The molecule has 0 saturated carbocycles. The molecule has 0 aliphatic rings. The van der Waals surface area contributed by atoms with E-state index in [1.807, 2.05) is 13.8 Å². The van der Waals surface area contributed by atoms with Gasteiger partial charge in [0.25, 0.3) is 0 Å². The lowest BCUT2D eigenvalue weighted by atomic mass is 10.3. The SMILES string of the molecule is CCCCNC(=O)[C@@H](C)NS(=O)(=O)c1ccc(OCC)cc1. The highest BCUT2D eigenvalue weighted by atomic mass is 32.2. The second-order valence-electron chi connectivity index (χ2n) is 4.89. The topological polar surface area (TPSA) is 84.5 Å². The fraction of sp³-hybridized carbons (Fsp3) is 0.533. The molecule has 0 bridgehead atoms. The standard InChI is InChI=1S/C15H24N2O4S/c1-4-6-11-16-15(18)12(3)17-22(19,20)14-9-7-13(8-10-14)21-5-2/h7-10,12,17H,4-6,11H2,1-3H3,(H,16,18)/t12-/m1/s1. The van der Waals surface area contributed by atoms with Crippen molar-refractivity contribution in [3.63, 3.8) is 0 Å². The molecule has 0 aliphatic heterocycles. The van der Waals surface area contributed by atoms with Crippen LogP contribution in [0.1, 0.15) is 33.6 Å². The van der Waals surface area contributed by atoms with E-state index in [1.54, 1.807) is 12.1 Å². The predicted octanol–water partition coefficient (Wildman–Crippen LogP) is 1.67. The van der Waals surface area contributed by atoms with Gasteiger partial charge in [-0.3, -0.25) is 4.79 Å². The molecule has 0 radical (unpaired) electrons. The Bertz CT molecular complexity index is 570. The van der Waals surface area contributed by atoms with E-state index in [2.05, 4.69) is 10.0 Å². The molecule has 2 N–H and O–H groups in total. The molecular weight excluding hydrogens is 304 g/mol. The zero-order chi connectivity index (χ0) is 16.6. The van der Waals surface area contributed by atoms with Crippen molar-refractivity contribution in [2.24, 2.45) is 0 Å². The summed E-state index contributed by atoms with van der Waals surface area (Å²) >= 11 is 0. The summed E-state index contributed by atoms with van der Waals surface area (Å²) in [5.74, 6) is 0.273. The monoisotopic (exact) mass is 328 g/mol. The molecule has 0 heterocycles. The fourth-order valence-corrected chi connectivity index (χ4v) is 2.98. The van der Waals surface area contributed by atoms with Crippen LogP contribution < -0.4 is 14.8 Å². The molecule has 0 aliphatic carbocycles. The van der Waals surface area contributed by atoms with Gasteiger partial charge in [0.05, 0.1) is 17.5 Å². The third-order valence-corrected chi connectivity index (χ3v) is 4.56. The number of nitrogens with one attached hydrogen (secondary N) is 2. The summed E-state index contributed by atoms with van der Waals surface area (Å²) in [6.45, 7) is 6.45. The summed E-state index contributed by atoms with van der Waals surface area (Å²) in [4.78, 5) is 11.9. The van der Waals surface area contributed by atoms with Crippen molar-refractivity contribution in [3.8, 4) is 5.75 Å². The van der Waals surface area contributed by atoms with E-state index in [-0.39, 0.29) is 10.8 Å². The van der Waals surface area contributed by atoms with E-state index < -0.39 is 16.1 Å². The minimum absolute atomic E-state index is 0.101. The zero-order valence-electron chi connectivity index (χ0n) is 13.3. The number of benzene rings is 1. The smallest absolute Gasteiger partial charge is 0.241 e. The second-order valence-corrected chi connectivity index (χ2v) is 6.61. The molecule has 0 unspecified atom stereocenters. The Morgan fingerprint density at radius 1 is 1.23 bits per heavy atom. The van der Waals surface area contributed by atoms with E-state index in [0.29, 0.717) is 18.9 Å². The predicted molar refractivity (Wildman–Crippen MR) is 85.3 cm³/mol. The minimum atomic E-state index is -3.73. The summed E-state index contributed by atoms with van der Waals surface area (Å²) in [6, 6.07) is 5.26. The maximum absolute atomic E-state index is 12.2. The Morgan fingerprint density at radius 2 is 1.86 bits per heavy atom. The number of rotatable bonds is 9. The van der Waals surface area contributed by atoms with Gasteiger partial charge in [-0.05, 0) is 44.5 Å². The average molecular weight is 328 g/mol. The molecule has 0 aromatic heterocycles. The van der Waals surface area contributed by atoms with E-state index in [4.69, 9.17) is 4.74 Å². The first-order chi connectivity index (χ1) is 10.4. The molecule has 0 fully saturated rings. The molecule has 22 heavy (non-hydrogen) atoms. The third kappa shape index (κ3) is 5.65. The Morgan fingerprint density at radius 3 is 2.41 bits per heavy atom. The lowest BCUT2D eigenvalue weighted by molar-refractivity contribution is -0.122. The van der Waals surface area contributed by atoms with Gasteiger partial charge >= 0.3 is 0 Å². The number of carbonyl (C=O) groups excluding carboxylic acids is 1. The Hall–Kier alpha value is -1.60. The number of hydrogen-bond acceptors (Lipinski definition) is 4. The van der Waals surface area contributed by atoms with Crippen LogP contribution in [-0.2, 0) is 14.8 Å². The summed E-state index contributed by atoms with van der Waals surface area (Å²) in [7, 11) is -3.73. The first-order valence-corrected chi connectivity index (χ1v) is 8.92. The Kier molecular flexibility index (Phi) is 7.34. The summed E-state index contributed by atoms with van der Waals surface area (Å²) < 4.78 is 32.1. The van der Waals surface area contributed by atoms with Crippen molar-refractivity contribution in [1.82, 2.24) is 10.0 Å². The summed E-state index contributed by atoms with van der Waals surface area (Å²) in [6.07, 6.45) is 1.83. The molecule has 1 rings (SSSR count). The highest BCUT2D eigenvalue weighted by Gasteiger charge is 2.21. The van der Waals surface area contributed by atoms with Crippen molar-refractivity contribution in [2.45, 2.75) is 44.6 Å². The lowest BCUT2D eigenvalue weighted by Gasteiger charge is -2.14. The largest absolute Gasteiger partial charge is 0.494 e. The van der Waals surface area contributed by atoms with E-state index in [0.717, 1.165) is 12.8 Å². The fourth-order valence-electron chi connectivity index (χ4n) is 1.78. The second kappa shape index (κ2) is 8.75. The quantitative estimate of drug-likeness (QED) is 0.675. The molecule has 0 spiro atoms. The number of sulfonamides is 1. The van der Waals surface area contributed by atoms with Gasteiger partial charge in [-0.1, -0.05) is 13.3 Å². The first-order valence-electron chi connectivity index (χ1n) is 7.43. The van der Waals surface area contributed by atoms with Crippen molar-refractivity contribution in [2.75, 3.05) is 13.2 Å². The van der Waals surface area contributed by atoms with Crippen molar-refractivity contribution in [1.29, 1.82) is 0 Å². The number of hydrogen-bond donors (Lipinski definition) is 2. The van der Waals surface area contributed by atoms with Crippen LogP contribution in [0.2, 0.25) is 0 Å². The molecule has 1 amide bonds. The number of amides is 1. The van der Waals surface area contributed by atoms with Crippen LogP contribution in [-0.4, -0.2) is 33.5 Å². The summed E-state index contributed by atoms with van der Waals surface area (Å²) in [5.41, 5.74) is 0. The van der Waals surface area contributed by atoms with E-state index in [1.165, 1.54) is 19.1 Å². The lowest BCUT2D eigenvalue weighted by Crippen LogP contribution is -2.44. The van der Waals surface area contributed by atoms with Crippen LogP contribution in [0.15, 0.2) is 29.2 Å². The molecule has 7 heteroatoms. The molecule has 0 saturated heterocycles. The molecular formula is C15H24N2O4S. The Balaban J connectivity index is 2.67. The van der Waals surface area contributed by atoms with Crippen molar-refractivity contribution < 1.29 is 17.9 Å². The highest BCUT2D eigenvalue weighted by Crippen LogP contribution is 2.16. The van der Waals surface area contributed by atoms with Gasteiger partial charge < -0.3 is 10.1 Å². The van der Waals surface area contributed by atoms with Gasteiger partial charge in [0, 0.05) is 6.54 Å². The van der Waals surface area contributed by atoms with Crippen molar-refractivity contribution >= 4 is 15.9 Å². The minimum Gasteiger partial charge on any atom is -0.494 e. The zero-order valence-corrected chi connectivity index (χ0v) is 14.1. The highest BCUT2D eigenvalue weighted by molar-refractivity contribution is 7.89. The Labute approximate surface area is 132 Å². The van der Waals surface area contributed by atoms with Crippen LogP contribution in [0, 0.1) is 0 Å². The van der Waals surface area contributed by atoms with Gasteiger partial charge in [0.2, 0.25) is 15.9 Å². The number of unbranched alkanes of at least 4 members (excludes halogenated alkanes) is 1. The number of ether oxygens (including phenoxy) is 1. The molecule has 1 aromatic carbocycles. The number of carbonyl (C=O) groups is 1. The van der Waals surface area contributed by atoms with E-state index in [9.17, 15) is 13.2 Å². The van der Waals surface area contributed by atoms with Gasteiger partial charge in [-0.15, -0.1) is 0 Å². The maximum Gasteiger partial charge on any atom is 0.241 e. The van der Waals surface area contributed by atoms with Crippen LogP contribution in [0.3, 0.4) is 0 Å². The molecule has 1 atom stereocenters. The first kappa shape index (κ1) is 18.4. The van der Waals surface area contributed by atoms with Gasteiger partial charge in [0.15, 0.2) is 0 Å². The van der Waals surface area contributed by atoms with Gasteiger partial charge in [-0.2, -0.15) is 4.72 Å². The normalized spacial score (nSPS) is 12.7. The summed E-state index contributed by atoms with van der Waals surface area (Å²) in [5, 5.41) is 2.70. The van der Waals surface area contributed by atoms with Gasteiger partial charge in [0.1, 0.15) is 5.75 Å². The van der Waals surface area contributed by atoms with Crippen LogP contribution >= 0.6 is 0 Å². The third-order valence-electron chi connectivity index (χ3n) is 3.00. The molecule has 124 valence electrons. The van der Waals surface area contributed by atoms with Crippen LogP contribution in [0.25, 0.3) is 0 Å². The van der Waals surface area contributed by atoms with Crippen LogP contribution in [0.5, 0.6) is 5.75 Å². The molecule has 6 nitrogen and oxygen atoms in total. The maximum atomic E-state index is 12.2. The van der Waals surface area contributed by atoms with E-state index >= 15 is 0 Å². The average Bonchev–Trinajstić information content (AvgIpc) is 2.48. The van der Waals surface area contributed by atoms with Crippen molar-refractivity contribution in [3.05, 3.63) is 24.3 Å². The van der Waals surface area contributed by atoms with Gasteiger partial charge in [-0.25, -0.2) is 8.42 Å². The molecule has 1 aromatic rings. The van der Waals surface area contributed by atoms with Crippen LogP contribution in [0.4, 0.5) is 0 Å².